The fourth-order valence-corrected chi connectivity index (χ4v) is 3.70. The Labute approximate surface area is 132 Å². The van der Waals surface area contributed by atoms with Crippen LogP contribution in [0.4, 0.5) is 0 Å². The van der Waals surface area contributed by atoms with Gasteiger partial charge in [0.15, 0.2) is 5.11 Å². The molecule has 0 aromatic heterocycles. The van der Waals surface area contributed by atoms with Gasteiger partial charge in [-0.2, -0.15) is 0 Å². The normalized spacial score (nSPS) is 20.6. The molecule has 0 spiro atoms. The molecule has 0 amide bonds. The summed E-state index contributed by atoms with van der Waals surface area (Å²) in [5.74, 6) is 1.03. The van der Waals surface area contributed by atoms with Crippen molar-refractivity contribution < 1.29 is 0 Å². The number of benzene rings is 1. The summed E-state index contributed by atoms with van der Waals surface area (Å²) in [6, 6.07) is 11.0. The highest BCUT2D eigenvalue weighted by Gasteiger charge is 2.30. The molecule has 1 aliphatic carbocycles. The first kappa shape index (κ1) is 15.6. The maximum Gasteiger partial charge on any atom is 0.166 e. The van der Waals surface area contributed by atoms with Gasteiger partial charge in [-0.1, -0.05) is 32.0 Å². The van der Waals surface area contributed by atoms with Crippen LogP contribution in [0, 0.1) is 5.41 Å². The largest absolute Gasteiger partial charge is 0.362 e. The van der Waals surface area contributed by atoms with E-state index in [1.165, 1.54) is 24.2 Å². The predicted molar refractivity (Wildman–Crippen MR) is 92.3 cm³/mol. The zero-order valence-electron chi connectivity index (χ0n) is 12.3. The molecule has 1 fully saturated rings. The Morgan fingerprint density at radius 1 is 1.35 bits per heavy atom. The molecule has 20 heavy (non-hydrogen) atoms. The molecule has 2 rings (SSSR count). The number of thiocarbonyl (C=S) groups is 1. The van der Waals surface area contributed by atoms with E-state index in [1.807, 2.05) is 17.8 Å². The molecule has 1 saturated carbocycles. The Bertz CT molecular complexity index is 431. The smallest absolute Gasteiger partial charge is 0.166 e. The molecule has 0 heterocycles. The molecule has 110 valence electrons. The minimum absolute atomic E-state index is 0.469. The van der Waals surface area contributed by atoms with Crippen molar-refractivity contribution >= 4 is 29.1 Å². The average Bonchev–Trinajstić information content (AvgIpc) is 2.75. The number of hydrogen-bond donors (Lipinski definition) is 2. The lowest BCUT2D eigenvalue weighted by molar-refractivity contribution is 0.372. The van der Waals surface area contributed by atoms with Crippen LogP contribution in [0.5, 0.6) is 0 Å². The van der Waals surface area contributed by atoms with Crippen LogP contribution in [0.2, 0.25) is 0 Å². The third kappa shape index (κ3) is 5.33. The van der Waals surface area contributed by atoms with Crippen molar-refractivity contribution in [2.45, 2.75) is 44.0 Å². The van der Waals surface area contributed by atoms with Crippen LogP contribution < -0.4 is 10.6 Å². The van der Waals surface area contributed by atoms with E-state index < -0.39 is 0 Å². The summed E-state index contributed by atoms with van der Waals surface area (Å²) in [7, 11) is 0. The second-order valence-corrected chi connectivity index (χ2v) is 7.74. The molecule has 0 saturated heterocycles. The molecule has 1 aromatic carbocycles. The maximum atomic E-state index is 5.36. The monoisotopic (exact) mass is 308 g/mol. The highest BCUT2D eigenvalue weighted by atomic mass is 32.2. The predicted octanol–water partition coefficient (Wildman–Crippen LogP) is 3.82. The number of nitrogens with one attached hydrogen (secondary N) is 2. The third-order valence-corrected chi connectivity index (χ3v) is 4.98. The van der Waals surface area contributed by atoms with Crippen LogP contribution in [0.25, 0.3) is 0 Å². The Hall–Kier alpha value is -0.740. The molecule has 1 unspecified atom stereocenters. The van der Waals surface area contributed by atoms with Crippen molar-refractivity contribution in [2.75, 3.05) is 12.3 Å². The molecule has 2 nitrogen and oxygen atoms in total. The number of rotatable bonds is 5. The van der Waals surface area contributed by atoms with E-state index in [-0.39, 0.29) is 0 Å². The molecule has 0 aliphatic heterocycles. The Balaban J connectivity index is 1.59. The van der Waals surface area contributed by atoms with Crippen LogP contribution in [0.1, 0.15) is 33.1 Å². The van der Waals surface area contributed by atoms with E-state index >= 15 is 0 Å². The Kier molecular flexibility index (Phi) is 5.73. The van der Waals surface area contributed by atoms with Crippen molar-refractivity contribution in [1.82, 2.24) is 10.6 Å². The third-order valence-electron chi connectivity index (χ3n) is 3.70. The van der Waals surface area contributed by atoms with E-state index in [4.69, 9.17) is 12.2 Å². The number of hydrogen-bond acceptors (Lipinski definition) is 2. The summed E-state index contributed by atoms with van der Waals surface area (Å²) in [5, 5.41) is 7.56. The van der Waals surface area contributed by atoms with Crippen LogP contribution in [0.3, 0.4) is 0 Å². The van der Waals surface area contributed by atoms with Crippen LogP contribution in [-0.4, -0.2) is 23.5 Å². The summed E-state index contributed by atoms with van der Waals surface area (Å²) < 4.78 is 0. The summed E-state index contributed by atoms with van der Waals surface area (Å²) in [6.07, 6.45) is 3.73. The van der Waals surface area contributed by atoms with Gasteiger partial charge in [-0.15, -0.1) is 11.8 Å². The van der Waals surface area contributed by atoms with E-state index in [9.17, 15) is 0 Å². The highest BCUT2D eigenvalue weighted by Crippen LogP contribution is 2.36. The first-order chi connectivity index (χ1) is 9.55. The van der Waals surface area contributed by atoms with Gasteiger partial charge < -0.3 is 10.6 Å². The molecule has 0 radical (unpaired) electrons. The van der Waals surface area contributed by atoms with E-state index in [0.29, 0.717) is 11.5 Å². The number of thioether (sulfide) groups is 1. The lowest BCUT2D eigenvalue weighted by Gasteiger charge is -2.19. The zero-order chi connectivity index (χ0) is 14.4. The minimum atomic E-state index is 0.469. The summed E-state index contributed by atoms with van der Waals surface area (Å²) in [6.45, 7) is 5.57. The maximum absolute atomic E-state index is 5.36. The van der Waals surface area contributed by atoms with Crippen molar-refractivity contribution in [3.8, 4) is 0 Å². The lowest BCUT2D eigenvalue weighted by Crippen LogP contribution is -2.41. The Morgan fingerprint density at radius 2 is 2.10 bits per heavy atom. The molecule has 0 bridgehead atoms. The van der Waals surface area contributed by atoms with Crippen molar-refractivity contribution in [2.24, 2.45) is 5.41 Å². The van der Waals surface area contributed by atoms with Gasteiger partial charge in [0.2, 0.25) is 0 Å². The van der Waals surface area contributed by atoms with Gasteiger partial charge in [-0.25, -0.2) is 0 Å². The summed E-state index contributed by atoms with van der Waals surface area (Å²) >= 11 is 7.22. The lowest BCUT2D eigenvalue weighted by atomic mass is 9.92. The van der Waals surface area contributed by atoms with Crippen molar-refractivity contribution in [3.63, 3.8) is 0 Å². The van der Waals surface area contributed by atoms with Gasteiger partial charge in [0, 0.05) is 23.2 Å². The van der Waals surface area contributed by atoms with Crippen LogP contribution in [0.15, 0.2) is 35.2 Å². The molecular weight excluding hydrogens is 284 g/mol. The zero-order valence-corrected chi connectivity index (χ0v) is 13.9. The van der Waals surface area contributed by atoms with Gasteiger partial charge in [0.25, 0.3) is 0 Å². The first-order valence-corrected chi connectivity index (χ1v) is 8.67. The fraction of sp³-hybridized carbons (Fsp3) is 0.562. The average molecular weight is 309 g/mol. The minimum Gasteiger partial charge on any atom is -0.362 e. The fourth-order valence-electron chi connectivity index (χ4n) is 2.65. The first-order valence-electron chi connectivity index (χ1n) is 7.27. The van der Waals surface area contributed by atoms with E-state index in [2.05, 4.69) is 48.7 Å². The van der Waals surface area contributed by atoms with E-state index in [0.717, 1.165) is 17.4 Å². The van der Waals surface area contributed by atoms with Gasteiger partial charge in [0.05, 0.1) is 0 Å². The second kappa shape index (κ2) is 7.32. The SMILES string of the molecule is CC1(C)CCC(NC(=S)NCCSc2ccccc2)C1. The molecule has 1 aromatic rings. The topological polar surface area (TPSA) is 24.1 Å². The molecular formula is C16H24N2S2. The van der Waals surface area contributed by atoms with Gasteiger partial charge in [-0.05, 0) is 49.0 Å². The molecule has 4 heteroatoms. The van der Waals surface area contributed by atoms with Gasteiger partial charge in [0.1, 0.15) is 0 Å². The molecule has 1 aliphatic rings. The second-order valence-electron chi connectivity index (χ2n) is 6.17. The molecule has 2 N–H and O–H groups in total. The van der Waals surface area contributed by atoms with Crippen molar-refractivity contribution in [1.29, 1.82) is 0 Å². The van der Waals surface area contributed by atoms with Crippen LogP contribution in [-0.2, 0) is 0 Å². The van der Waals surface area contributed by atoms with Gasteiger partial charge >= 0.3 is 0 Å². The summed E-state index contributed by atoms with van der Waals surface area (Å²) in [5.41, 5.74) is 0.469. The summed E-state index contributed by atoms with van der Waals surface area (Å²) in [4.78, 5) is 1.31. The van der Waals surface area contributed by atoms with Gasteiger partial charge in [-0.3, -0.25) is 0 Å². The van der Waals surface area contributed by atoms with Crippen molar-refractivity contribution in [3.05, 3.63) is 30.3 Å². The van der Waals surface area contributed by atoms with E-state index in [1.54, 1.807) is 0 Å². The molecule has 1 atom stereocenters. The Morgan fingerprint density at radius 3 is 2.75 bits per heavy atom. The quantitative estimate of drug-likeness (QED) is 0.490. The van der Waals surface area contributed by atoms with Crippen LogP contribution >= 0.6 is 24.0 Å². The highest BCUT2D eigenvalue weighted by molar-refractivity contribution is 7.99. The standard InChI is InChI=1S/C16H24N2S2/c1-16(2)9-8-13(12-16)18-15(19)17-10-11-20-14-6-4-3-5-7-14/h3-7,13H,8-12H2,1-2H3,(H2,17,18,19).